The monoisotopic (exact) mass is 213 g/mol. The zero-order valence-corrected chi connectivity index (χ0v) is 9.92. The molecule has 1 saturated heterocycles. The predicted octanol–water partition coefficient (Wildman–Crippen LogP) is 1.97. The van der Waals surface area contributed by atoms with Gasteiger partial charge < -0.3 is 10.1 Å². The van der Waals surface area contributed by atoms with Crippen LogP contribution in [0.2, 0.25) is 0 Å². The van der Waals surface area contributed by atoms with Crippen molar-refractivity contribution in [1.29, 1.82) is 0 Å². The van der Waals surface area contributed by atoms with Crippen LogP contribution in [0.3, 0.4) is 0 Å². The van der Waals surface area contributed by atoms with Crippen LogP contribution < -0.4 is 5.32 Å². The summed E-state index contributed by atoms with van der Waals surface area (Å²) in [5.41, 5.74) is 0. The molecular weight excluding hydrogens is 190 g/mol. The first-order valence-electron chi connectivity index (χ1n) is 6.13. The summed E-state index contributed by atoms with van der Waals surface area (Å²) >= 11 is 0. The molecule has 0 aromatic rings. The Morgan fingerprint density at radius 3 is 2.47 bits per heavy atom. The van der Waals surface area contributed by atoms with E-state index < -0.39 is 0 Å². The molecule has 0 spiro atoms. The highest BCUT2D eigenvalue weighted by atomic mass is 16.5. The van der Waals surface area contributed by atoms with Crippen LogP contribution in [0.4, 0.5) is 0 Å². The lowest BCUT2D eigenvalue weighted by Crippen LogP contribution is -2.35. The summed E-state index contributed by atoms with van der Waals surface area (Å²) in [6.07, 6.45) is 4.05. The van der Waals surface area contributed by atoms with Gasteiger partial charge >= 0.3 is 0 Å². The van der Waals surface area contributed by atoms with Gasteiger partial charge in [-0.1, -0.05) is 13.8 Å². The highest BCUT2D eigenvalue weighted by Crippen LogP contribution is 2.14. The fourth-order valence-corrected chi connectivity index (χ4v) is 2.00. The van der Waals surface area contributed by atoms with Crippen LogP contribution in [-0.4, -0.2) is 25.7 Å². The van der Waals surface area contributed by atoms with Gasteiger partial charge in [-0.05, 0) is 31.6 Å². The second kappa shape index (κ2) is 6.83. The Morgan fingerprint density at radius 1 is 1.33 bits per heavy atom. The number of carbonyl (C=O) groups is 1. The van der Waals surface area contributed by atoms with E-state index in [0.29, 0.717) is 5.92 Å². The molecule has 0 aromatic heterocycles. The van der Waals surface area contributed by atoms with Crippen molar-refractivity contribution >= 4 is 5.91 Å². The van der Waals surface area contributed by atoms with E-state index in [2.05, 4.69) is 19.2 Å². The molecule has 1 N–H and O–H groups in total. The van der Waals surface area contributed by atoms with Gasteiger partial charge in [-0.25, -0.2) is 0 Å². The summed E-state index contributed by atoms with van der Waals surface area (Å²) < 4.78 is 5.28. The van der Waals surface area contributed by atoms with Gasteiger partial charge in [0.15, 0.2) is 0 Å². The number of ether oxygens (including phenoxy) is 1. The lowest BCUT2D eigenvalue weighted by atomic mass is 9.99. The SMILES string of the molecule is CCC(CC)C(=O)NCC1CCOCC1. The van der Waals surface area contributed by atoms with E-state index in [9.17, 15) is 4.79 Å². The van der Waals surface area contributed by atoms with E-state index in [1.807, 2.05) is 0 Å². The van der Waals surface area contributed by atoms with Crippen molar-refractivity contribution in [3.05, 3.63) is 0 Å². The minimum Gasteiger partial charge on any atom is -0.381 e. The topological polar surface area (TPSA) is 38.3 Å². The first kappa shape index (κ1) is 12.5. The Bertz CT molecular complexity index is 184. The zero-order valence-electron chi connectivity index (χ0n) is 9.92. The van der Waals surface area contributed by atoms with Crippen molar-refractivity contribution < 1.29 is 9.53 Å². The van der Waals surface area contributed by atoms with Gasteiger partial charge in [0.25, 0.3) is 0 Å². The molecule has 1 fully saturated rings. The molecule has 0 saturated carbocycles. The van der Waals surface area contributed by atoms with Crippen LogP contribution in [0, 0.1) is 11.8 Å². The number of hydrogen-bond acceptors (Lipinski definition) is 2. The molecular formula is C12H23NO2. The largest absolute Gasteiger partial charge is 0.381 e. The normalized spacial score (nSPS) is 18.1. The molecule has 1 aliphatic rings. The van der Waals surface area contributed by atoms with Crippen molar-refractivity contribution in [3.63, 3.8) is 0 Å². The summed E-state index contributed by atoms with van der Waals surface area (Å²) in [5, 5.41) is 3.06. The molecule has 0 atom stereocenters. The maximum absolute atomic E-state index is 11.7. The highest BCUT2D eigenvalue weighted by Gasteiger charge is 2.17. The maximum atomic E-state index is 11.7. The molecule has 1 rings (SSSR count). The number of hydrogen-bond donors (Lipinski definition) is 1. The second-order valence-corrected chi connectivity index (χ2v) is 4.31. The third-order valence-electron chi connectivity index (χ3n) is 3.26. The van der Waals surface area contributed by atoms with Crippen LogP contribution in [0.15, 0.2) is 0 Å². The summed E-state index contributed by atoms with van der Waals surface area (Å²) in [6, 6.07) is 0. The number of nitrogens with one attached hydrogen (secondary N) is 1. The standard InChI is InChI=1S/C12H23NO2/c1-3-11(4-2)12(14)13-9-10-5-7-15-8-6-10/h10-11H,3-9H2,1-2H3,(H,13,14). The summed E-state index contributed by atoms with van der Waals surface area (Å²) in [4.78, 5) is 11.7. The molecule has 0 radical (unpaired) electrons. The second-order valence-electron chi connectivity index (χ2n) is 4.31. The highest BCUT2D eigenvalue weighted by molar-refractivity contribution is 5.78. The first-order chi connectivity index (χ1) is 7.27. The van der Waals surface area contributed by atoms with Gasteiger partial charge in [0, 0.05) is 25.7 Å². The van der Waals surface area contributed by atoms with Gasteiger partial charge in [0.2, 0.25) is 5.91 Å². The van der Waals surface area contributed by atoms with E-state index in [1.165, 1.54) is 0 Å². The van der Waals surface area contributed by atoms with Gasteiger partial charge in [-0.2, -0.15) is 0 Å². The number of carbonyl (C=O) groups excluding carboxylic acids is 1. The van der Waals surface area contributed by atoms with Crippen LogP contribution >= 0.6 is 0 Å². The Kier molecular flexibility index (Phi) is 5.69. The minimum absolute atomic E-state index is 0.199. The average molecular weight is 213 g/mol. The molecule has 0 aliphatic carbocycles. The van der Waals surface area contributed by atoms with E-state index in [4.69, 9.17) is 4.74 Å². The first-order valence-corrected chi connectivity index (χ1v) is 6.13. The van der Waals surface area contributed by atoms with Gasteiger partial charge in [-0.3, -0.25) is 4.79 Å². The molecule has 0 unspecified atom stereocenters. The van der Waals surface area contributed by atoms with E-state index >= 15 is 0 Å². The summed E-state index contributed by atoms with van der Waals surface area (Å²) in [5.74, 6) is 1.05. The Labute approximate surface area is 92.6 Å². The van der Waals surface area contributed by atoms with Gasteiger partial charge in [0.1, 0.15) is 0 Å². The molecule has 0 bridgehead atoms. The van der Waals surface area contributed by atoms with Crippen molar-refractivity contribution in [2.24, 2.45) is 11.8 Å². The molecule has 0 aromatic carbocycles. The average Bonchev–Trinajstić information content (AvgIpc) is 2.29. The summed E-state index contributed by atoms with van der Waals surface area (Å²) in [7, 11) is 0. The van der Waals surface area contributed by atoms with Crippen molar-refractivity contribution in [3.8, 4) is 0 Å². The predicted molar refractivity (Wildman–Crippen MR) is 60.6 cm³/mol. The number of rotatable bonds is 5. The fourth-order valence-electron chi connectivity index (χ4n) is 2.00. The van der Waals surface area contributed by atoms with Crippen LogP contribution in [0.1, 0.15) is 39.5 Å². The number of amides is 1. The van der Waals surface area contributed by atoms with Gasteiger partial charge in [-0.15, -0.1) is 0 Å². The van der Waals surface area contributed by atoms with E-state index in [1.54, 1.807) is 0 Å². The fraction of sp³-hybridized carbons (Fsp3) is 0.917. The van der Waals surface area contributed by atoms with Crippen molar-refractivity contribution in [1.82, 2.24) is 5.32 Å². The van der Waals surface area contributed by atoms with E-state index in [0.717, 1.165) is 45.4 Å². The molecule has 1 amide bonds. The molecule has 88 valence electrons. The quantitative estimate of drug-likeness (QED) is 0.758. The third-order valence-corrected chi connectivity index (χ3v) is 3.26. The minimum atomic E-state index is 0.199. The Hall–Kier alpha value is -0.570. The molecule has 1 heterocycles. The Balaban J connectivity index is 2.20. The van der Waals surface area contributed by atoms with Crippen LogP contribution in [-0.2, 0) is 9.53 Å². The molecule has 15 heavy (non-hydrogen) atoms. The van der Waals surface area contributed by atoms with E-state index in [-0.39, 0.29) is 11.8 Å². The third kappa shape index (κ3) is 4.20. The van der Waals surface area contributed by atoms with Crippen LogP contribution in [0.5, 0.6) is 0 Å². The maximum Gasteiger partial charge on any atom is 0.223 e. The lowest BCUT2D eigenvalue weighted by molar-refractivity contribution is -0.125. The van der Waals surface area contributed by atoms with Crippen molar-refractivity contribution in [2.75, 3.05) is 19.8 Å². The molecule has 1 aliphatic heterocycles. The van der Waals surface area contributed by atoms with Crippen molar-refractivity contribution in [2.45, 2.75) is 39.5 Å². The lowest BCUT2D eigenvalue weighted by Gasteiger charge is -2.23. The molecule has 3 nitrogen and oxygen atoms in total. The van der Waals surface area contributed by atoms with Gasteiger partial charge in [0.05, 0.1) is 0 Å². The smallest absolute Gasteiger partial charge is 0.223 e. The zero-order chi connectivity index (χ0) is 11.1. The van der Waals surface area contributed by atoms with Crippen LogP contribution in [0.25, 0.3) is 0 Å². The molecule has 3 heteroatoms. The Morgan fingerprint density at radius 2 is 1.93 bits per heavy atom. The summed E-state index contributed by atoms with van der Waals surface area (Å²) in [6.45, 7) is 6.68.